The van der Waals surface area contributed by atoms with Crippen molar-refractivity contribution in [3.8, 4) is 0 Å². The zero-order valence-electron chi connectivity index (χ0n) is 8.26. The molecule has 0 radical (unpaired) electrons. The highest BCUT2D eigenvalue weighted by Crippen LogP contribution is 2.60. The molecular formula is C12H14BrF. The summed E-state index contributed by atoms with van der Waals surface area (Å²) in [6.45, 7) is 2.23. The topological polar surface area (TPSA) is 0 Å². The van der Waals surface area contributed by atoms with Crippen LogP contribution in [0.25, 0.3) is 0 Å². The lowest BCUT2D eigenvalue weighted by Crippen LogP contribution is -2.06. The Morgan fingerprint density at radius 2 is 1.93 bits per heavy atom. The van der Waals surface area contributed by atoms with Gasteiger partial charge >= 0.3 is 0 Å². The Morgan fingerprint density at radius 1 is 1.36 bits per heavy atom. The van der Waals surface area contributed by atoms with Crippen molar-refractivity contribution in [3.63, 3.8) is 0 Å². The molecule has 0 spiro atoms. The minimum absolute atomic E-state index is 0.158. The molecule has 1 atom stereocenters. The monoisotopic (exact) mass is 256 g/mol. The largest absolute Gasteiger partial charge is 0.207 e. The highest BCUT2D eigenvalue weighted by Gasteiger charge is 2.46. The number of alkyl halides is 1. The standard InChI is InChI=1S/C12H14BrF/c1-2-12(7-8-12)11(13)9-3-5-10(14)6-4-9/h3-6,11H,2,7-8H2,1H3. The van der Waals surface area contributed by atoms with Crippen molar-refractivity contribution in [1.29, 1.82) is 0 Å². The minimum Gasteiger partial charge on any atom is -0.207 e. The van der Waals surface area contributed by atoms with Crippen molar-refractivity contribution in [2.45, 2.75) is 31.0 Å². The summed E-state index contributed by atoms with van der Waals surface area (Å²) in [5, 5.41) is 0. The molecular weight excluding hydrogens is 243 g/mol. The molecule has 0 saturated heterocycles. The van der Waals surface area contributed by atoms with E-state index in [-0.39, 0.29) is 5.82 Å². The molecule has 76 valence electrons. The van der Waals surface area contributed by atoms with E-state index in [2.05, 4.69) is 22.9 Å². The SMILES string of the molecule is CCC1(C(Br)c2ccc(F)cc2)CC1. The highest BCUT2D eigenvalue weighted by molar-refractivity contribution is 9.09. The van der Waals surface area contributed by atoms with Crippen LogP contribution in [-0.2, 0) is 0 Å². The fourth-order valence-corrected chi connectivity index (χ4v) is 3.02. The van der Waals surface area contributed by atoms with Crippen LogP contribution in [-0.4, -0.2) is 0 Å². The van der Waals surface area contributed by atoms with Crippen molar-refractivity contribution in [1.82, 2.24) is 0 Å². The average molecular weight is 257 g/mol. The van der Waals surface area contributed by atoms with E-state index in [4.69, 9.17) is 0 Å². The fraction of sp³-hybridized carbons (Fsp3) is 0.500. The van der Waals surface area contributed by atoms with Crippen LogP contribution in [0.15, 0.2) is 24.3 Å². The molecule has 0 heterocycles. The van der Waals surface area contributed by atoms with Crippen LogP contribution in [0.4, 0.5) is 4.39 Å². The molecule has 1 aromatic rings. The van der Waals surface area contributed by atoms with Gasteiger partial charge < -0.3 is 0 Å². The van der Waals surface area contributed by atoms with Crippen molar-refractivity contribution in [2.24, 2.45) is 5.41 Å². The van der Waals surface area contributed by atoms with E-state index in [1.54, 1.807) is 0 Å². The summed E-state index contributed by atoms with van der Waals surface area (Å²) in [6.07, 6.45) is 3.77. The molecule has 0 aromatic heterocycles. The third-order valence-corrected chi connectivity index (χ3v) is 4.80. The van der Waals surface area contributed by atoms with Gasteiger partial charge in [0.05, 0.1) is 0 Å². The van der Waals surface area contributed by atoms with Crippen molar-refractivity contribution >= 4 is 15.9 Å². The predicted octanol–water partition coefficient (Wildman–Crippen LogP) is 4.45. The Hall–Kier alpha value is -0.370. The van der Waals surface area contributed by atoms with Gasteiger partial charge in [0, 0.05) is 4.83 Å². The van der Waals surface area contributed by atoms with Crippen LogP contribution in [0.1, 0.15) is 36.6 Å². The average Bonchev–Trinajstić information content (AvgIpc) is 2.99. The van der Waals surface area contributed by atoms with Crippen LogP contribution in [0.2, 0.25) is 0 Å². The van der Waals surface area contributed by atoms with E-state index in [0.717, 1.165) is 0 Å². The van der Waals surface area contributed by atoms with Gasteiger partial charge in [0.25, 0.3) is 0 Å². The molecule has 2 heteroatoms. The van der Waals surface area contributed by atoms with Gasteiger partial charge in [-0.1, -0.05) is 35.0 Å². The molecule has 0 nitrogen and oxygen atoms in total. The minimum atomic E-state index is -0.158. The first-order chi connectivity index (χ1) is 6.68. The van der Waals surface area contributed by atoms with Gasteiger partial charge in [-0.2, -0.15) is 0 Å². The summed E-state index contributed by atoms with van der Waals surface area (Å²) in [7, 11) is 0. The summed E-state index contributed by atoms with van der Waals surface area (Å²) in [6, 6.07) is 6.83. The maximum Gasteiger partial charge on any atom is 0.123 e. The Labute approximate surface area is 92.6 Å². The molecule has 1 fully saturated rings. The molecule has 1 aliphatic rings. The summed E-state index contributed by atoms with van der Waals surface area (Å²) in [4.78, 5) is 0.389. The van der Waals surface area contributed by atoms with Crippen LogP contribution in [0, 0.1) is 11.2 Å². The maximum absolute atomic E-state index is 12.7. The summed E-state index contributed by atoms with van der Waals surface area (Å²) >= 11 is 3.73. The molecule has 0 aliphatic heterocycles. The van der Waals surface area contributed by atoms with Crippen LogP contribution < -0.4 is 0 Å². The van der Waals surface area contributed by atoms with Crippen molar-refractivity contribution in [3.05, 3.63) is 35.6 Å². The van der Waals surface area contributed by atoms with E-state index in [1.807, 2.05) is 12.1 Å². The molecule has 0 N–H and O–H groups in total. The molecule has 2 rings (SSSR count). The first kappa shape index (κ1) is 10.2. The van der Waals surface area contributed by atoms with E-state index in [0.29, 0.717) is 10.2 Å². The second-order valence-corrected chi connectivity index (χ2v) is 5.05. The number of hydrogen-bond donors (Lipinski definition) is 0. The molecule has 0 bridgehead atoms. The fourth-order valence-electron chi connectivity index (χ4n) is 1.93. The number of rotatable bonds is 3. The van der Waals surface area contributed by atoms with Gasteiger partial charge in [0.1, 0.15) is 5.82 Å². The first-order valence-electron chi connectivity index (χ1n) is 5.07. The summed E-state index contributed by atoms with van der Waals surface area (Å²) in [5.41, 5.74) is 1.64. The van der Waals surface area contributed by atoms with Gasteiger partial charge in [-0.3, -0.25) is 0 Å². The maximum atomic E-state index is 12.7. The number of hydrogen-bond acceptors (Lipinski definition) is 0. The Morgan fingerprint density at radius 3 is 2.36 bits per heavy atom. The molecule has 1 saturated carbocycles. The quantitative estimate of drug-likeness (QED) is 0.701. The smallest absolute Gasteiger partial charge is 0.123 e. The van der Waals surface area contributed by atoms with Crippen LogP contribution in [0.3, 0.4) is 0 Å². The molecule has 14 heavy (non-hydrogen) atoms. The molecule has 0 amide bonds. The van der Waals surface area contributed by atoms with Gasteiger partial charge in [0.2, 0.25) is 0 Å². The van der Waals surface area contributed by atoms with Crippen LogP contribution >= 0.6 is 15.9 Å². The first-order valence-corrected chi connectivity index (χ1v) is 5.99. The highest BCUT2D eigenvalue weighted by atomic mass is 79.9. The second-order valence-electron chi connectivity index (χ2n) is 4.13. The Balaban J connectivity index is 2.19. The second kappa shape index (κ2) is 3.65. The summed E-state index contributed by atoms with van der Waals surface area (Å²) in [5.74, 6) is -0.158. The van der Waals surface area contributed by atoms with Gasteiger partial charge in [-0.25, -0.2) is 4.39 Å². The zero-order chi connectivity index (χ0) is 10.2. The van der Waals surface area contributed by atoms with E-state index >= 15 is 0 Å². The third kappa shape index (κ3) is 1.72. The zero-order valence-corrected chi connectivity index (χ0v) is 9.85. The Bertz CT molecular complexity index is 314. The molecule has 1 unspecified atom stereocenters. The Kier molecular flexibility index (Phi) is 2.65. The van der Waals surface area contributed by atoms with E-state index < -0.39 is 0 Å². The number of halogens is 2. The third-order valence-electron chi connectivity index (χ3n) is 3.30. The van der Waals surface area contributed by atoms with E-state index in [1.165, 1.54) is 37.0 Å². The van der Waals surface area contributed by atoms with Crippen molar-refractivity contribution in [2.75, 3.05) is 0 Å². The summed E-state index contributed by atoms with van der Waals surface area (Å²) < 4.78 is 12.7. The van der Waals surface area contributed by atoms with Crippen molar-refractivity contribution < 1.29 is 4.39 Å². The van der Waals surface area contributed by atoms with E-state index in [9.17, 15) is 4.39 Å². The lowest BCUT2D eigenvalue weighted by molar-refractivity contribution is 0.483. The predicted molar refractivity (Wildman–Crippen MR) is 60.0 cm³/mol. The lowest BCUT2D eigenvalue weighted by atomic mass is 9.94. The van der Waals surface area contributed by atoms with Crippen LogP contribution in [0.5, 0.6) is 0 Å². The molecule has 1 aromatic carbocycles. The van der Waals surface area contributed by atoms with Gasteiger partial charge in [-0.05, 0) is 42.4 Å². The van der Waals surface area contributed by atoms with Gasteiger partial charge in [0.15, 0.2) is 0 Å². The molecule has 1 aliphatic carbocycles. The number of benzene rings is 1. The lowest BCUT2D eigenvalue weighted by Gasteiger charge is -2.20. The van der Waals surface area contributed by atoms with Gasteiger partial charge in [-0.15, -0.1) is 0 Å². The normalized spacial score (nSPS) is 20.5.